The lowest BCUT2D eigenvalue weighted by Gasteiger charge is -2.34. The van der Waals surface area contributed by atoms with E-state index in [0.29, 0.717) is 5.92 Å². The quantitative estimate of drug-likeness (QED) is 0.172. The first-order valence-corrected chi connectivity index (χ1v) is 18.9. The molecule has 248 valence electrons. The Labute approximate surface area is 302 Å². The minimum Gasteiger partial charge on any atom is -0.310 e. The predicted molar refractivity (Wildman–Crippen MR) is 215 cm³/mol. The maximum atomic E-state index is 2.57. The minimum absolute atomic E-state index is 0.154. The fraction of sp³-hybridized carbons (Fsp3) is 0.200. The number of nitrogens with zero attached hydrogens (tertiary/aromatic N) is 1. The fourth-order valence-electron chi connectivity index (χ4n) is 10.3. The van der Waals surface area contributed by atoms with Crippen LogP contribution in [0.1, 0.15) is 62.1 Å². The first-order chi connectivity index (χ1) is 25.1. The molecule has 2 saturated carbocycles. The summed E-state index contributed by atoms with van der Waals surface area (Å²) < 4.78 is 0. The highest BCUT2D eigenvalue weighted by molar-refractivity contribution is 6.09. The van der Waals surface area contributed by atoms with Gasteiger partial charge in [0.25, 0.3) is 0 Å². The number of para-hydroxylation sites is 1. The molecule has 7 aromatic carbocycles. The van der Waals surface area contributed by atoms with Gasteiger partial charge in [0.05, 0.1) is 11.4 Å². The molecule has 0 aromatic heterocycles. The van der Waals surface area contributed by atoms with Crippen LogP contribution < -0.4 is 4.90 Å². The second kappa shape index (κ2) is 11.8. The highest BCUT2D eigenvalue weighted by atomic mass is 15.1. The Morgan fingerprint density at radius 2 is 1.16 bits per heavy atom. The van der Waals surface area contributed by atoms with Gasteiger partial charge in [-0.05, 0) is 117 Å². The zero-order valence-corrected chi connectivity index (χ0v) is 29.5. The van der Waals surface area contributed by atoms with Crippen molar-refractivity contribution in [3.05, 3.63) is 174 Å². The predicted octanol–water partition coefficient (Wildman–Crippen LogP) is 13.9. The van der Waals surface area contributed by atoms with E-state index in [9.17, 15) is 0 Å². The standard InChI is InChI=1S/C50H43N/c1-50(2)45-22-8-6-17-40(45)43-21-12-24-47(49(43)50)51(38-29-27-35(28-30-38)44-32-33-25-26-37(44)31-33)46-23-9-7-18-41(46)42-20-11-16-36-15-10-19-39(48(36)42)34-13-4-3-5-14-34/h3-24,27-30,33,37,44H,25-26,31-32H2,1-2H3. The van der Waals surface area contributed by atoms with Crippen LogP contribution in [0, 0.1) is 11.8 Å². The van der Waals surface area contributed by atoms with Gasteiger partial charge in [-0.25, -0.2) is 0 Å². The number of fused-ring (bicyclic) bond motifs is 6. The lowest BCUT2D eigenvalue weighted by molar-refractivity contribution is 0.420. The van der Waals surface area contributed by atoms with Crippen LogP contribution in [0.4, 0.5) is 17.1 Å². The van der Waals surface area contributed by atoms with Crippen molar-refractivity contribution < 1.29 is 0 Å². The molecule has 3 aliphatic rings. The summed E-state index contributed by atoms with van der Waals surface area (Å²) in [5.41, 5.74) is 15.5. The Kier molecular flexibility index (Phi) is 7.07. The lowest BCUT2D eigenvalue weighted by atomic mass is 9.81. The van der Waals surface area contributed by atoms with Crippen molar-refractivity contribution in [2.24, 2.45) is 11.8 Å². The molecule has 2 bridgehead atoms. The van der Waals surface area contributed by atoms with Crippen LogP contribution in [0.2, 0.25) is 0 Å². The van der Waals surface area contributed by atoms with Gasteiger partial charge < -0.3 is 4.90 Å². The maximum Gasteiger partial charge on any atom is 0.0540 e. The van der Waals surface area contributed by atoms with Gasteiger partial charge in [-0.3, -0.25) is 0 Å². The summed E-state index contributed by atoms with van der Waals surface area (Å²) in [7, 11) is 0. The third-order valence-electron chi connectivity index (χ3n) is 12.5. The lowest BCUT2D eigenvalue weighted by Crippen LogP contribution is -2.21. The van der Waals surface area contributed by atoms with E-state index < -0.39 is 0 Å². The van der Waals surface area contributed by atoms with Crippen molar-refractivity contribution >= 4 is 27.8 Å². The smallest absolute Gasteiger partial charge is 0.0540 e. The van der Waals surface area contributed by atoms with E-state index in [2.05, 4.69) is 176 Å². The van der Waals surface area contributed by atoms with Gasteiger partial charge in [-0.1, -0.05) is 154 Å². The SMILES string of the molecule is CC1(C)c2ccccc2-c2cccc(N(c3ccc(C4CC5CCC4C5)cc3)c3ccccc3-c3cccc4cccc(-c5ccccc5)c34)c21. The monoisotopic (exact) mass is 657 g/mol. The molecule has 51 heavy (non-hydrogen) atoms. The van der Waals surface area contributed by atoms with Gasteiger partial charge in [0.1, 0.15) is 0 Å². The van der Waals surface area contributed by atoms with Crippen LogP contribution in [0.5, 0.6) is 0 Å². The van der Waals surface area contributed by atoms with Crippen molar-refractivity contribution in [3.63, 3.8) is 0 Å². The number of hydrogen-bond donors (Lipinski definition) is 0. The summed E-state index contributed by atoms with van der Waals surface area (Å²) in [5.74, 6) is 2.50. The topological polar surface area (TPSA) is 3.24 Å². The first kappa shape index (κ1) is 30.4. The Bertz CT molecular complexity index is 2410. The Morgan fingerprint density at radius 1 is 0.510 bits per heavy atom. The van der Waals surface area contributed by atoms with Crippen LogP contribution >= 0.6 is 0 Å². The normalized spacial score (nSPS) is 19.6. The van der Waals surface area contributed by atoms with Crippen molar-refractivity contribution in [1.29, 1.82) is 0 Å². The number of benzene rings is 7. The zero-order chi connectivity index (χ0) is 34.1. The second-order valence-electron chi connectivity index (χ2n) is 15.7. The molecule has 0 N–H and O–H groups in total. The van der Waals surface area contributed by atoms with Crippen LogP contribution in [-0.2, 0) is 5.41 Å². The molecule has 0 radical (unpaired) electrons. The molecular weight excluding hydrogens is 615 g/mol. The zero-order valence-electron chi connectivity index (χ0n) is 29.5. The summed E-state index contributed by atoms with van der Waals surface area (Å²) in [6.07, 6.45) is 5.62. The summed E-state index contributed by atoms with van der Waals surface area (Å²) >= 11 is 0. The van der Waals surface area contributed by atoms with E-state index in [1.807, 2.05) is 0 Å². The molecule has 1 heteroatoms. The largest absolute Gasteiger partial charge is 0.310 e. The highest BCUT2D eigenvalue weighted by Crippen LogP contribution is 2.56. The van der Waals surface area contributed by atoms with Crippen LogP contribution in [0.25, 0.3) is 44.2 Å². The number of hydrogen-bond acceptors (Lipinski definition) is 1. The van der Waals surface area contributed by atoms with Crippen LogP contribution in [-0.4, -0.2) is 0 Å². The highest BCUT2D eigenvalue weighted by Gasteiger charge is 2.41. The molecular formula is C50H43N. The fourth-order valence-corrected chi connectivity index (χ4v) is 10.3. The van der Waals surface area contributed by atoms with Gasteiger partial charge in [-0.2, -0.15) is 0 Å². The Morgan fingerprint density at radius 3 is 1.92 bits per heavy atom. The molecule has 0 heterocycles. The second-order valence-corrected chi connectivity index (χ2v) is 15.7. The van der Waals surface area contributed by atoms with E-state index in [1.165, 1.54) is 104 Å². The molecule has 7 aromatic rings. The number of rotatable bonds is 6. The van der Waals surface area contributed by atoms with Gasteiger partial charge in [-0.15, -0.1) is 0 Å². The molecule has 0 aliphatic heterocycles. The average molecular weight is 658 g/mol. The third-order valence-corrected chi connectivity index (χ3v) is 12.5. The van der Waals surface area contributed by atoms with Crippen molar-refractivity contribution in [2.75, 3.05) is 4.90 Å². The first-order valence-electron chi connectivity index (χ1n) is 18.9. The molecule has 3 atom stereocenters. The molecule has 2 fully saturated rings. The van der Waals surface area contributed by atoms with E-state index in [1.54, 1.807) is 0 Å². The Balaban J connectivity index is 1.20. The minimum atomic E-state index is -0.154. The van der Waals surface area contributed by atoms with Crippen molar-refractivity contribution in [1.82, 2.24) is 0 Å². The third kappa shape index (κ3) is 4.82. The Hall–Kier alpha value is -5.40. The van der Waals surface area contributed by atoms with Gasteiger partial charge in [0.2, 0.25) is 0 Å². The van der Waals surface area contributed by atoms with Crippen molar-refractivity contribution in [2.45, 2.75) is 50.9 Å². The summed E-state index contributed by atoms with van der Waals surface area (Å²) in [6, 6.07) is 59.1. The maximum absolute atomic E-state index is 2.57. The molecule has 0 spiro atoms. The van der Waals surface area contributed by atoms with Crippen LogP contribution in [0.15, 0.2) is 158 Å². The van der Waals surface area contributed by atoms with Crippen LogP contribution in [0.3, 0.4) is 0 Å². The average Bonchev–Trinajstić information content (AvgIpc) is 3.89. The molecule has 10 rings (SSSR count). The molecule has 3 unspecified atom stereocenters. The van der Waals surface area contributed by atoms with E-state index in [4.69, 9.17) is 0 Å². The summed E-state index contributed by atoms with van der Waals surface area (Å²) in [4.78, 5) is 2.57. The van der Waals surface area contributed by atoms with Gasteiger partial charge >= 0.3 is 0 Å². The van der Waals surface area contributed by atoms with Gasteiger partial charge in [0, 0.05) is 16.7 Å². The van der Waals surface area contributed by atoms with E-state index in [-0.39, 0.29) is 5.41 Å². The molecule has 0 amide bonds. The van der Waals surface area contributed by atoms with Gasteiger partial charge in [0.15, 0.2) is 0 Å². The molecule has 1 nitrogen and oxygen atoms in total. The summed E-state index contributed by atoms with van der Waals surface area (Å²) in [5, 5.41) is 2.54. The summed E-state index contributed by atoms with van der Waals surface area (Å²) in [6.45, 7) is 4.81. The molecule has 3 aliphatic carbocycles. The van der Waals surface area contributed by atoms with Crippen molar-refractivity contribution in [3.8, 4) is 33.4 Å². The number of anilines is 3. The van der Waals surface area contributed by atoms with E-state index in [0.717, 1.165) is 11.8 Å². The molecule has 0 saturated heterocycles. The van der Waals surface area contributed by atoms with E-state index >= 15 is 0 Å².